The summed E-state index contributed by atoms with van der Waals surface area (Å²) in [5.41, 5.74) is 1.62. The van der Waals surface area contributed by atoms with Gasteiger partial charge in [0.05, 0.1) is 0 Å². The highest BCUT2D eigenvalue weighted by atomic mass is 16.4. The second-order valence-corrected chi connectivity index (χ2v) is 5.35. The van der Waals surface area contributed by atoms with Gasteiger partial charge in [0.1, 0.15) is 0 Å². The van der Waals surface area contributed by atoms with Gasteiger partial charge in [-0.2, -0.15) is 0 Å². The van der Waals surface area contributed by atoms with E-state index in [1.165, 1.54) is 12.8 Å². The molecule has 0 bridgehead atoms. The second-order valence-electron chi connectivity index (χ2n) is 5.35. The lowest BCUT2D eigenvalue weighted by molar-refractivity contribution is -0.136. The summed E-state index contributed by atoms with van der Waals surface area (Å²) in [6, 6.07) is 7.21. The highest BCUT2D eigenvalue weighted by Gasteiger charge is 2.24. The molecule has 0 radical (unpaired) electrons. The van der Waals surface area contributed by atoms with E-state index in [1.807, 2.05) is 24.3 Å². The third-order valence-corrected chi connectivity index (χ3v) is 3.38. The van der Waals surface area contributed by atoms with Crippen molar-refractivity contribution in [3.05, 3.63) is 29.8 Å². The molecule has 5 nitrogen and oxygen atoms in total. The van der Waals surface area contributed by atoms with Crippen molar-refractivity contribution in [2.75, 3.05) is 18.9 Å². The molecule has 1 aromatic carbocycles. The molecule has 0 saturated heterocycles. The average molecular weight is 276 g/mol. The zero-order valence-corrected chi connectivity index (χ0v) is 11.6. The van der Waals surface area contributed by atoms with Crippen LogP contribution in [0.1, 0.15) is 24.8 Å². The number of carboxylic acids is 1. The maximum absolute atomic E-state index is 12.0. The summed E-state index contributed by atoms with van der Waals surface area (Å²) in [6.07, 6.45) is 2.99. The van der Waals surface area contributed by atoms with Gasteiger partial charge in [0.15, 0.2) is 0 Å². The summed E-state index contributed by atoms with van der Waals surface area (Å²) in [5, 5.41) is 11.5. The molecular weight excluding hydrogens is 256 g/mol. The lowest BCUT2D eigenvalue weighted by Crippen LogP contribution is -2.32. The molecule has 0 heterocycles. The van der Waals surface area contributed by atoms with Crippen LogP contribution in [0.5, 0.6) is 0 Å². The van der Waals surface area contributed by atoms with E-state index >= 15 is 0 Å². The Morgan fingerprint density at radius 2 is 2.15 bits per heavy atom. The van der Waals surface area contributed by atoms with E-state index in [1.54, 1.807) is 11.9 Å². The SMILES string of the molecule is CN(CC1CC1)C(=O)Nc1cccc(CCC(=O)O)c1. The first-order valence-corrected chi connectivity index (χ1v) is 6.87. The number of nitrogens with one attached hydrogen (secondary N) is 1. The molecule has 1 fully saturated rings. The predicted octanol–water partition coefficient (Wildman–Crippen LogP) is 2.58. The largest absolute Gasteiger partial charge is 0.481 e. The molecule has 5 heteroatoms. The van der Waals surface area contributed by atoms with Crippen molar-refractivity contribution in [2.24, 2.45) is 5.92 Å². The summed E-state index contributed by atoms with van der Waals surface area (Å²) in [6.45, 7) is 0.796. The summed E-state index contributed by atoms with van der Waals surface area (Å²) < 4.78 is 0. The van der Waals surface area contributed by atoms with Crippen LogP contribution in [-0.4, -0.2) is 35.6 Å². The number of nitrogens with zero attached hydrogens (tertiary/aromatic N) is 1. The van der Waals surface area contributed by atoms with Crippen molar-refractivity contribution in [3.63, 3.8) is 0 Å². The number of urea groups is 1. The minimum absolute atomic E-state index is 0.0962. The molecule has 1 saturated carbocycles. The Kier molecular flexibility index (Phi) is 4.61. The molecule has 108 valence electrons. The molecule has 0 atom stereocenters. The molecule has 0 unspecified atom stereocenters. The molecule has 0 aliphatic heterocycles. The predicted molar refractivity (Wildman–Crippen MR) is 76.8 cm³/mol. The molecule has 1 aromatic rings. The van der Waals surface area contributed by atoms with Gasteiger partial charge in [0.2, 0.25) is 0 Å². The van der Waals surface area contributed by atoms with Gasteiger partial charge < -0.3 is 15.3 Å². The molecule has 1 aliphatic carbocycles. The number of hydrogen-bond acceptors (Lipinski definition) is 2. The fourth-order valence-corrected chi connectivity index (χ4v) is 2.05. The van der Waals surface area contributed by atoms with E-state index < -0.39 is 5.97 Å². The van der Waals surface area contributed by atoms with Gasteiger partial charge in [-0.3, -0.25) is 4.79 Å². The van der Waals surface area contributed by atoms with Crippen molar-refractivity contribution in [3.8, 4) is 0 Å². The van der Waals surface area contributed by atoms with Crippen LogP contribution >= 0.6 is 0 Å². The number of carbonyl (C=O) groups excluding carboxylic acids is 1. The van der Waals surface area contributed by atoms with Gasteiger partial charge in [0.25, 0.3) is 0 Å². The van der Waals surface area contributed by atoms with Crippen LogP contribution in [0, 0.1) is 5.92 Å². The van der Waals surface area contributed by atoms with Crippen LogP contribution in [0.3, 0.4) is 0 Å². The minimum atomic E-state index is -0.816. The quantitative estimate of drug-likeness (QED) is 0.839. The monoisotopic (exact) mass is 276 g/mol. The maximum atomic E-state index is 12.0. The molecule has 20 heavy (non-hydrogen) atoms. The van der Waals surface area contributed by atoms with Crippen molar-refractivity contribution < 1.29 is 14.7 Å². The highest BCUT2D eigenvalue weighted by molar-refractivity contribution is 5.89. The van der Waals surface area contributed by atoms with Crippen LogP contribution in [0.2, 0.25) is 0 Å². The number of aryl methyl sites for hydroxylation is 1. The number of carboxylic acid groups (broad SMARTS) is 1. The van der Waals surface area contributed by atoms with Crippen LogP contribution in [0.4, 0.5) is 10.5 Å². The lowest BCUT2D eigenvalue weighted by atomic mass is 10.1. The van der Waals surface area contributed by atoms with E-state index in [0.29, 0.717) is 18.0 Å². The topological polar surface area (TPSA) is 69.6 Å². The zero-order chi connectivity index (χ0) is 14.5. The fourth-order valence-electron chi connectivity index (χ4n) is 2.05. The summed E-state index contributed by atoms with van der Waals surface area (Å²) in [7, 11) is 1.79. The fraction of sp³-hybridized carbons (Fsp3) is 0.467. The Hall–Kier alpha value is -2.04. The molecule has 1 aliphatic rings. The average Bonchev–Trinajstić information content (AvgIpc) is 3.20. The Labute approximate surface area is 118 Å². The van der Waals surface area contributed by atoms with Crippen LogP contribution in [0.15, 0.2) is 24.3 Å². The second kappa shape index (κ2) is 6.41. The van der Waals surface area contributed by atoms with E-state index in [0.717, 1.165) is 12.1 Å². The van der Waals surface area contributed by atoms with Crippen LogP contribution in [-0.2, 0) is 11.2 Å². The molecule has 0 aromatic heterocycles. The Morgan fingerprint density at radius 3 is 2.80 bits per heavy atom. The number of hydrogen-bond donors (Lipinski definition) is 2. The van der Waals surface area contributed by atoms with E-state index in [9.17, 15) is 9.59 Å². The first-order valence-electron chi connectivity index (χ1n) is 6.87. The van der Waals surface area contributed by atoms with E-state index in [2.05, 4.69) is 5.32 Å². The van der Waals surface area contributed by atoms with Crippen molar-refractivity contribution in [2.45, 2.75) is 25.7 Å². The number of rotatable bonds is 6. The van der Waals surface area contributed by atoms with E-state index in [4.69, 9.17) is 5.11 Å². The first-order chi connectivity index (χ1) is 9.54. The molecule has 2 rings (SSSR count). The van der Waals surface area contributed by atoms with Gasteiger partial charge in [-0.05, 0) is 42.9 Å². The standard InChI is InChI=1S/C15H20N2O3/c1-17(10-12-5-6-12)15(20)16-13-4-2-3-11(9-13)7-8-14(18)19/h2-4,9,12H,5-8,10H2,1H3,(H,16,20)(H,18,19). The lowest BCUT2D eigenvalue weighted by Gasteiger charge is -2.17. The molecule has 0 spiro atoms. The van der Waals surface area contributed by atoms with Crippen molar-refractivity contribution in [1.82, 2.24) is 4.90 Å². The van der Waals surface area contributed by atoms with Gasteiger partial charge in [-0.25, -0.2) is 4.79 Å². The Bertz CT molecular complexity index is 498. The zero-order valence-electron chi connectivity index (χ0n) is 11.6. The Morgan fingerprint density at radius 1 is 1.40 bits per heavy atom. The van der Waals surface area contributed by atoms with Gasteiger partial charge in [-0.1, -0.05) is 12.1 Å². The summed E-state index contributed by atoms with van der Waals surface area (Å²) in [4.78, 5) is 24.2. The maximum Gasteiger partial charge on any atom is 0.321 e. The molecular formula is C15H20N2O3. The highest BCUT2D eigenvalue weighted by Crippen LogP contribution is 2.29. The number of anilines is 1. The molecule has 2 N–H and O–H groups in total. The normalized spacial score (nSPS) is 13.8. The van der Waals surface area contributed by atoms with Crippen LogP contribution in [0.25, 0.3) is 0 Å². The number of benzene rings is 1. The minimum Gasteiger partial charge on any atom is -0.481 e. The Balaban J connectivity index is 1.89. The first kappa shape index (κ1) is 14.4. The number of carbonyl (C=O) groups is 2. The van der Waals surface area contributed by atoms with Crippen LogP contribution < -0.4 is 5.32 Å². The van der Waals surface area contributed by atoms with Gasteiger partial charge >= 0.3 is 12.0 Å². The van der Waals surface area contributed by atoms with E-state index in [-0.39, 0.29) is 12.5 Å². The van der Waals surface area contributed by atoms with Gasteiger partial charge in [0, 0.05) is 25.7 Å². The number of amides is 2. The van der Waals surface area contributed by atoms with Crippen molar-refractivity contribution in [1.29, 1.82) is 0 Å². The third kappa shape index (κ3) is 4.57. The third-order valence-electron chi connectivity index (χ3n) is 3.38. The number of aliphatic carboxylic acids is 1. The van der Waals surface area contributed by atoms with Gasteiger partial charge in [-0.15, -0.1) is 0 Å². The smallest absolute Gasteiger partial charge is 0.321 e. The van der Waals surface area contributed by atoms with Crippen molar-refractivity contribution >= 4 is 17.7 Å². The summed E-state index contributed by atoms with van der Waals surface area (Å²) >= 11 is 0. The molecule has 2 amide bonds. The summed E-state index contributed by atoms with van der Waals surface area (Å²) in [5.74, 6) is -0.156.